The highest BCUT2D eigenvalue weighted by Gasteiger charge is 2.19. The molecule has 0 atom stereocenters. The van der Waals surface area contributed by atoms with E-state index < -0.39 is 0 Å². The van der Waals surface area contributed by atoms with Crippen molar-refractivity contribution in [3.05, 3.63) is 93.7 Å². The van der Waals surface area contributed by atoms with E-state index in [2.05, 4.69) is 15.4 Å². The summed E-state index contributed by atoms with van der Waals surface area (Å²) in [6.07, 6.45) is 0. The first kappa shape index (κ1) is 20.1. The summed E-state index contributed by atoms with van der Waals surface area (Å²) in [6, 6.07) is 20.2. The lowest BCUT2D eigenvalue weighted by Gasteiger charge is -2.07. The average Bonchev–Trinajstić information content (AvgIpc) is 3.17. The first-order chi connectivity index (χ1) is 14.4. The van der Waals surface area contributed by atoms with Crippen molar-refractivity contribution in [2.75, 3.05) is 5.32 Å². The Balaban J connectivity index is 1.75. The zero-order valence-corrected chi connectivity index (χ0v) is 17.9. The Kier molecular flexibility index (Phi) is 5.57. The molecular formula is C23H18Cl2N4O. The van der Waals surface area contributed by atoms with E-state index in [9.17, 15) is 4.79 Å². The maximum absolute atomic E-state index is 12.9. The van der Waals surface area contributed by atoms with Crippen LogP contribution in [0.5, 0.6) is 0 Å². The summed E-state index contributed by atoms with van der Waals surface area (Å²) in [6.45, 7) is 3.95. The summed E-state index contributed by atoms with van der Waals surface area (Å²) < 4.78 is 1.62. The monoisotopic (exact) mass is 436 g/mol. The zero-order valence-electron chi connectivity index (χ0n) is 16.4. The molecule has 1 aromatic heterocycles. The van der Waals surface area contributed by atoms with Gasteiger partial charge in [0.15, 0.2) is 5.82 Å². The van der Waals surface area contributed by atoms with E-state index in [1.54, 1.807) is 28.9 Å². The first-order valence-corrected chi connectivity index (χ1v) is 10.0. The molecule has 1 heterocycles. The highest BCUT2D eigenvalue weighted by molar-refractivity contribution is 6.30. The van der Waals surface area contributed by atoms with E-state index in [4.69, 9.17) is 23.2 Å². The summed E-state index contributed by atoms with van der Waals surface area (Å²) in [5.41, 5.74) is 4.34. The van der Waals surface area contributed by atoms with Gasteiger partial charge >= 0.3 is 0 Å². The Morgan fingerprint density at radius 2 is 1.53 bits per heavy atom. The first-order valence-electron chi connectivity index (χ1n) is 9.28. The minimum Gasteiger partial charge on any atom is -0.319 e. The summed E-state index contributed by atoms with van der Waals surface area (Å²) in [4.78, 5) is 17.4. The minimum absolute atomic E-state index is 0.0647. The van der Waals surface area contributed by atoms with Gasteiger partial charge in [-0.05, 0) is 74.0 Å². The molecule has 0 spiro atoms. The summed E-state index contributed by atoms with van der Waals surface area (Å²) in [7, 11) is 0. The fourth-order valence-corrected chi connectivity index (χ4v) is 3.34. The van der Waals surface area contributed by atoms with E-state index in [0.717, 1.165) is 28.1 Å². The molecule has 7 heteroatoms. The van der Waals surface area contributed by atoms with Crippen LogP contribution >= 0.6 is 23.2 Å². The Hall–Kier alpha value is -3.15. The van der Waals surface area contributed by atoms with Crippen molar-refractivity contribution in [2.45, 2.75) is 13.8 Å². The molecule has 0 fully saturated rings. The Morgan fingerprint density at radius 3 is 2.17 bits per heavy atom. The fraction of sp³-hybridized carbons (Fsp3) is 0.0870. The van der Waals surface area contributed by atoms with Crippen LogP contribution in [0.15, 0.2) is 66.7 Å². The number of carbonyl (C=O) groups excluding carboxylic acids is 1. The molecular weight excluding hydrogens is 419 g/mol. The molecule has 1 N–H and O–H groups in total. The average molecular weight is 437 g/mol. The lowest BCUT2D eigenvalue weighted by atomic mass is 10.1. The lowest BCUT2D eigenvalue weighted by molar-refractivity contribution is 0.101. The van der Waals surface area contributed by atoms with Gasteiger partial charge < -0.3 is 5.32 Å². The van der Waals surface area contributed by atoms with Gasteiger partial charge in [0.25, 0.3) is 5.91 Å². The highest BCUT2D eigenvalue weighted by atomic mass is 35.5. The molecule has 5 nitrogen and oxygen atoms in total. The third-order valence-electron chi connectivity index (χ3n) is 4.61. The quantitative estimate of drug-likeness (QED) is 0.419. The van der Waals surface area contributed by atoms with Crippen LogP contribution in [0, 0.1) is 13.8 Å². The van der Waals surface area contributed by atoms with Gasteiger partial charge in [0.05, 0.1) is 5.69 Å². The van der Waals surface area contributed by atoms with Crippen molar-refractivity contribution in [2.24, 2.45) is 0 Å². The number of anilines is 1. The lowest BCUT2D eigenvalue weighted by Crippen LogP contribution is -2.15. The van der Waals surface area contributed by atoms with Crippen molar-refractivity contribution >= 4 is 34.8 Å². The second-order valence-corrected chi connectivity index (χ2v) is 7.80. The molecule has 0 aliphatic carbocycles. The topological polar surface area (TPSA) is 59.8 Å². The molecule has 0 saturated carbocycles. The second kappa shape index (κ2) is 8.30. The molecule has 0 saturated heterocycles. The van der Waals surface area contributed by atoms with Gasteiger partial charge in [-0.2, -0.15) is 0 Å². The standard InChI is InChI=1S/C23H18Cl2N4O/c1-14-3-12-20(15(2)13-14)26-23(30)21-27-22(16-4-6-17(24)7-5-16)29(28-21)19-10-8-18(25)9-11-19/h3-13H,1-2H3,(H,26,30). The molecule has 0 aliphatic rings. The number of hydrogen-bond donors (Lipinski definition) is 1. The highest BCUT2D eigenvalue weighted by Crippen LogP contribution is 2.24. The van der Waals surface area contributed by atoms with Crippen molar-refractivity contribution in [1.29, 1.82) is 0 Å². The number of aryl methyl sites for hydroxylation is 2. The van der Waals surface area contributed by atoms with Crippen LogP contribution in [0.1, 0.15) is 21.7 Å². The van der Waals surface area contributed by atoms with Crippen molar-refractivity contribution in [3.8, 4) is 17.1 Å². The van der Waals surface area contributed by atoms with Gasteiger partial charge in [-0.25, -0.2) is 9.67 Å². The van der Waals surface area contributed by atoms with E-state index in [0.29, 0.717) is 15.9 Å². The number of carbonyl (C=O) groups is 1. The largest absolute Gasteiger partial charge is 0.319 e. The number of nitrogens with one attached hydrogen (secondary N) is 1. The fourth-order valence-electron chi connectivity index (χ4n) is 3.09. The molecule has 4 rings (SSSR count). The number of halogens is 2. The van der Waals surface area contributed by atoms with Crippen LogP contribution in [-0.2, 0) is 0 Å². The second-order valence-electron chi connectivity index (χ2n) is 6.93. The van der Waals surface area contributed by atoms with Crippen LogP contribution < -0.4 is 5.32 Å². The van der Waals surface area contributed by atoms with Crippen LogP contribution in [0.3, 0.4) is 0 Å². The van der Waals surface area contributed by atoms with Crippen LogP contribution in [0.25, 0.3) is 17.1 Å². The molecule has 3 aromatic carbocycles. The van der Waals surface area contributed by atoms with Crippen molar-refractivity contribution in [1.82, 2.24) is 14.8 Å². The maximum atomic E-state index is 12.9. The van der Waals surface area contributed by atoms with Crippen molar-refractivity contribution < 1.29 is 4.79 Å². The van der Waals surface area contributed by atoms with Gasteiger partial charge in [0, 0.05) is 21.3 Å². The molecule has 0 unspecified atom stereocenters. The third kappa shape index (κ3) is 4.22. The van der Waals surface area contributed by atoms with E-state index >= 15 is 0 Å². The van der Waals surface area contributed by atoms with Crippen LogP contribution in [0.4, 0.5) is 5.69 Å². The number of nitrogens with zero attached hydrogens (tertiary/aromatic N) is 3. The summed E-state index contributed by atoms with van der Waals surface area (Å²) in [5.74, 6) is 0.208. The van der Waals surface area contributed by atoms with E-state index in [1.807, 2.05) is 56.3 Å². The number of benzene rings is 3. The molecule has 0 bridgehead atoms. The molecule has 30 heavy (non-hydrogen) atoms. The number of aromatic nitrogens is 3. The van der Waals surface area contributed by atoms with Crippen molar-refractivity contribution in [3.63, 3.8) is 0 Å². The van der Waals surface area contributed by atoms with Gasteiger partial charge in [-0.3, -0.25) is 4.79 Å². The molecule has 150 valence electrons. The molecule has 0 radical (unpaired) electrons. The zero-order chi connectivity index (χ0) is 21.3. The predicted molar refractivity (Wildman–Crippen MR) is 121 cm³/mol. The van der Waals surface area contributed by atoms with Gasteiger partial charge in [-0.15, -0.1) is 5.10 Å². The number of hydrogen-bond acceptors (Lipinski definition) is 3. The van der Waals surface area contributed by atoms with E-state index in [1.165, 1.54) is 0 Å². The van der Waals surface area contributed by atoms with Gasteiger partial charge in [-0.1, -0.05) is 40.9 Å². The van der Waals surface area contributed by atoms with Crippen LogP contribution in [-0.4, -0.2) is 20.7 Å². The minimum atomic E-state index is -0.384. The summed E-state index contributed by atoms with van der Waals surface area (Å²) in [5, 5.41) is 8.59. The molecule has 1 amide bonds. The smallest absolute Gasteiger partial charge is 0.295 e. The van der Waals surface area contributed by atoms with Gasteiger partial charge in [0.1, 0.15) is 0 Å². The number of amides is 1. The number of rotatable bonds is 4. The third-order valence-corrected chi connectivity index (χ3v) is 5.12. The molecule has 0 aliphatic heterocycles. The predicted octanol–water partition coefficient (Wildman–Crippen LogP) is 6.11. The van der Waals surface area contributed by atoms with Crippen LogP contribution in [0.2, 0.25) is 10.0 Å². The Bertz CT molecular complexity index is 1150. The Labute approximate surface area is 184 Å². The normalized spacial score (nSPS) is 10.8. The SMILES string of the molecule is Cc1ccc(NC(=O)c2nc(-c3ccc(Cl)cc3)n(-c3ccc(Cl)cc3)n2)c(C)c1. The van der Waals surface area contributed by atoms with Gasteiger partial charge in [0.2, 0.25) is 5.82 Å². The molecule has 4 aromatic rings. The maximum Gasteiger partial charge on any atom is 0.295 e. The van der Waals surface area contributed by atoms with E-state index in [-0.39, 0.29) is 11.7 Å². The summed E-state index contributed by atoms with van der Waals surface area (Å²) >= 11 is 12.0. The Morgan fingerprint density at radius 1 is 0.900 bits per heavy atom.